The van der Waals surface area contributed by atoms with Gasteiger partial charge in [-0.3, -0.25) is 4.79 Å². The third-order valence-corrected chi connectivity index (χ3v) is 4.86. The second kappa shape index (κ2) is 8.01. The average molecular weight is 377 g/mol. The van der Waals surface area contributed by atoms with E-state index in [9.17, 15) is 19.5 Å². The summed E-state index contributed by atoms with van der Waals surface area (Å²) in [5, 5.41) is 12.6. The Morgan fingerprint density at radius 2 is 1.85 bits per heavy atom. The van der Waals surface area contributed by atoms with Gasteiger partial charge in [-0.1, -0.05) is 11.6 Å². The van der Waals surface area contributed by atoms with E-state index in [0.717, 1.165) is 16.0 Å². The monoisotopic (exact) mass is 377 g/mol. The first-order valence-electron chi connectivity index (χ1n) is 7.69. The van der Waals surface area contributed by atoms with Crippen LogP contribution in [0.2, 0.25) is 0 Å². The SMILES string of the molecule is COC(=O)c1c(NC(=O)COC(=O)c2cc(C)ccc2O)sc(C)c1C. The van der Waals surface area contributed by atoms with Crippen LogP contribution in [0.4, 0.5) is 5.00 Å². The van der Waals surface area contributed by atoms with E-state index in [4.69, 9.17) is 9.47 Å². The highest BCUT2D eigenvalue weighted by Crippen LogP contribution is 2.32. The Labute approximate surface area is 154 Å². The number of carbonyl (C=O) groups is 3. The van der Waals surface area contributed by atoms with Gasteiger partial charge >= 0.3 is 11.9 Å². The van der Waals surface area contributed by atoms with Gasteiger partial charge in [0.2, 0.25) is 0 Å². The molecule has 1 aromatic carbocycles. The van der Waals surface area contributed by atoms with Crippen LogP contribution in [0.25, 0.3) is 0 Å². The number of benzene rings is 1. The summed E-state index contributed by atoms with van der Waals surface area (Å²) in [7, 11) is 1.26. The Morgan fingerprint density at radius 1 is 1.15 bits per heavy atom. The van der Waals surface area contributed by atoms with Crippen LogP contribution in [-0.4, -0.2) is 36.7 Å². The maximum Gasteiger partial charge on any atom is 0.342 e. The summed E-state index contributed by atoms with van der Waals surface area (Å²) >= 11 is 1.23. The first-order chi connectivity index (χ1) is 12.2. The fourth-order valence-electron chi connectivity index (χ4n) is 2.25. The third-order valence-electron chi connectivity index (χ3n) is 3.73. The molecule has 2 aromatic rings. The Morgan fingerprint density at radius 3 is 2.50 bits per heavy atom. The van der Waals surface area contributed by atoms with Gasteiger partial charge in [-0.25, -0.2) is 9.59 Å². The van der Waals surface area contributed by atoms with Crippen LogP contribution in [0.3, 0.4) is 0 Å². The van der Waals surface area contributed by atoms with Crippen molar-refractivity contribution in [1.82, 2.24) is 0 Å². The number of phenols is 1. The number of carbonyl (C=O) groups excluding carboxylic acids is 3. The molecule has 0 saturated carbocycles. The zero-order chi connectivity index (χ0) is 19.4. The molecule has 0 bridgehead atoms. The number of rotatable bonds is 5. The number of aromatic hydroxyl groups is 1. The summed E-state index contributed by atoms with van der Waals surface area (Å²) in [4.78, 5) is 36.9. The number of nitrogens with one attached hydrogen (secondary N) is 1. The standard InChI is InChI=1S/C18H19NO6S/c1-9-5-6-13(20)12(7-9)17(22)25-8-14(21)19-16-15(18(23)24-4)10(2)11(3)26-16/h5-7,20H,8H2,1-4H3,(H,19,21). The van der Waals surface area contributed by atoms with E-state index in [1.807, 2.05) is 6.92 Å². The highest BCUT2D eigenvalue weighted by molar-refractivity contribution is 7.16. The molecule has 2 rings (SSSR count). The molecule has 0 saturated heterocycles. The first kappa shape index (κ1) is 19.5. The first-order valence-corrected chi connectivity index (χ1v) is 8.51. The molecule has 0 spiro atoms. The lowest BCUT2D eigenvalue weighted by Gasteiger charge is -2.08. The van der Waals surface area contributed by atoms with Gasteiger partial charge < -0.3 is 19.9 Å². The van der Waals surface area contributed by atoms with Crippen molar-refractivity contribution in [2.75, 3.05) is 19.0 Å². The van der Waals surface area contributed by atoms with Crippen molar-refractivity contribution >= 4 is 34.2 Å². The average Bonchev–Trinajstić information content (AvgIpc) is 2.88. The molecule has 138 valence electrons. The molecule has 0 unspecified atom stereocenters. The van der Waals surface area contributed by atoms with Crippen LogP contribution in [0, 0.1) is 20.8 Å². The Balaban J connectivity index is 2.06. The van der Waals surface area contributed by atoms with E-state index >= 15 is 0 Å². The summed E-state index contributed by atoms with van der Waals surface area (Å²) in [6, 6.07) is 4.50. The number of hydrogen-bond acceptors (Lipinski definition) is 7. The zero-order valence-electron chi connectivity index (χ0n) is 14.8. The molecule has 0 fully saturated rings. The molecule has 2 N–H and O–H groups in total. The molecular weight excluding hydrogens is 358 g/mol. The number of methoxy groups -OCH3 is 1. The lowest BCUT2D eigenvalue weighted by molar-refractivity contribution is -0.119. The van der Waals surface area contributed by atoms with Crippen molar-refractivity contribution < 1.29 is 29.0 Å². The van der Waals surface area contributed by atoms with Crippen LogP contribution in [-0.2, 0) is 14.3 Å². The molecule has 0 aliphatic heterocycles. The predicted molar refractivity (Wildman–Crippen MR) is 96.9 cm³/mol. The van der Waals surface area contributed by atoms with Gasteiger partial charge in [0, 0.05) is 4.88 Å². The molecule has 0 aliphatic rings. The topological polar surface area (TPSA) is 102 Å². The van der Waals surface area contributed by atoms with Gasteiger partial charge in [0.15, 0.2) is 6.61 Å². The van der Waals surface area contributed by atoms with Crippen molar-refractivity contribution in [3.8, 4) is 5.75 Å². The van der Waals surface area contributed by atoms with E-state index < -0.39 is 24.5 Å². The lowest BCUT2D eigenvalue weighted by Crippen LogP contribution is -2.21. The normalized spacial score (nSPS) is 10.3. The summed E-state index contributed by atoms with van der Waals surface area (Å²) in [5.74, 6) is -2.19. The Hall–Kier alpha value is -2.87. The highest BCUT2D eigenvalue weighted by Gasteiger charge is 2.22. The molecule has 1 aromatic heterocycles. The minimum atomic E-state index is -0.812. The molecule has 8 heteroatoms. The maximum atomic E-state index is 12.1. The smallest absolute Gasteiger partial charge is 0.342 e. The van der Waals surface area contributed by atoms with Gasteiger partial charge in [-0.15, -0.1) is 11.3 Å². The molecule has 1 amide bonds. The number of aryl methyl sites for hydroxylation is 2. The van der Waals surface area contributed by atoms with E-state index in [1.54, 1.807) is 19.9 Å². The van der Waals surface area contributed by atoms with E-state index in [-0.39, 0.29) is 16.9 Å². The summed E-state index contributed by atoms with van der Waals surface area (Å²) < 4.78 is 9.68. The summed E-state index contributed by atoms with van der Waals surface area (Å²) in [6.45, 7) is 4.79. The second-order valence-corrected chi connectivity index (χ2v) is 6.85. The molecular formula is C18H19NO6S. The van der Waals surface area contributed by atoms with Crippen molar-refractivity contribution in [1.29, 1.82) is 0 Å². The van der Waals surface area contributed by atoms with Crippen molar-refractivity contribution in [2.24, 2.45) is 0 Å². The van der Waals surface area contributed by atoms with Gasteiger partial charge in [0.25, 0.3) is 5.91 Å². The largest absolute Gasteiger partial charge is 0.507 e. The van der Waals surface area contributed by atoms with E-state index in [1.165, 1.54) is 30.6 Å². The lowest BCUT2D eigenvalue weighted by atomic mass is 10.1. The molecule has 26 heavy (non-hydrogen) atoms. The maximum absolute atomic E-state index is 12.1. The molecule has 0 aliphatic carbocycles. The summed E-state index contributed by atoms with van der Waals surface area (Å²) in [6.07, 6.45) is 0. The predicted octanol–water partition coefficient (Wildman–Crippen LogP) is 2.96. The van der Waals surface area contributed by atoms with E-state index in [2.05, 4.69) is 5.32 Å². The van der Waals surface area contributed by atoms with Crippen molar-refractivity contribution in [2.45, 2.75) is 20.8 Å². The van der Waals surface area contributed by atoms with Gasteiger partial charge in [-0.05, 0) is 38.5 Å². The van der Waals surface area contributed by atoms with Crippen molar-refractivity contribution in [3.63, 3.8) is 0 Å². The highest BCUT2D eigenvalue weighted by atomic mass is 32.1. The van der Waals surface area contributed by atoms with Crippen molar-refractivity contribution in [3.05, 3.63) is 45.3 Å². The number of amides is 1. The van der Waals surface area contributed by atoms with Crippen LogP contribution in [0.15, 0.2) is 18.2 Å². The number of anilines is 1. The van der Waals surface area contributed by atoms with Gasteiger partial charge in [-0.2, -0.15) is 0 Å². The Bertz CT molecular complexity index is 871. The number of phenolic OH excluding ortho intramolecular Hbond substituents is 1. The second-order valence-electron chi connectivity index (χ2n) is 5.62. The number of esters is 2. The van der Waals surface area contributed by atoms with E-state index in [0.29, 0.717) is 5.00 Å². The van der Waals surface area contributed by atoms with Gasteiger partial charge in [0.05, 0.1) is 12.7 Å². The quantitative estimate of drug-likeness (QED) is 0.777. The van der Waals surface area contributed by atoms with Gasteiger partial charge in [0.1, 0.15) is 16.3 Å². The number of hydrogen-bond donors (Lipinski definition) is 2. The van der Waals surface area contributed by atoms with Crippen LogP contribution in [0.5, 0.6) is 5.75 Å². The minimum Gasteiger partial charge on any atom is -0.507 e. The molecule has 1 heterocycles. The minimum absolute atomic E-state index is 0.0177. The van der Waals surface area contributed by atoms with Crippen LogP contribution < -0.4 is 5.32 Å². The van der Waals surface area contributed by atoms with Crippen LogP contribution >= 0.6 is 11.3 Å². The fraction of sp³-hybridized carbons (Fsp3) is 0.278. The number of thiophene rings is 1. The third kappa shape index (κ3) is 4.20. The summed E-state index contributed by atoms with van der Waals surface area (Å²) in [5.41, 5.74) is 1.76. The molecule has 0 radical (unpaired) electrons. The molecule has 0 atom stereocenters. The van der Waals surface area contributed by atoms with Crippen LogP contribution in [0.1, 0.15) is 36.7 Å². The molecule has 7 nitrogen and oxygen atoms in total. The Kier molecular flexibility index (Phi) is 5.99. The number of ether oxygens (including phenoxy) is 2. The zero-order valence-corrected chi connectivity index (χ0v) is 15.7. The fourth-order valence-corrected chi connectivity index (χ4v) is 3.31.